The van der Waals surface area contributed by atoms with Gasteiger partial charge in [-0.25, -0.2) is 5.11 Å². The summed E-state index contributed by atoms with van der Waals surface area (Å²) in [4.78, 5) is 0. The summed E-state index contributed by atoms with van der Waals surface area (Å²) in [5.41, 5.74) is 0. The van der Waals surface area contributed by atoms with E-state index in [-0.39, 0.29) is 12.5 Å². The highest BCUT2D eigenvalue weighted by Gasteiger charge is 1.63. The van der Waals surface area contributed by atoms with Crippen LogP contribution in [0.15, 0.2) is 0 Å². The van der Waals surface area contributed by atoms with Gasteiger partial charge in [0.2, 0.25) is 0 Å². The highest BCUT2D eigenvalue weighted by atomic mass is 35.5. The van der Waals surface area contributed by atoms with Gasteiger partial charge in [-0.05, 0) is 0 Å². The standard InChI is InChI=1S/C2H4ClO/c3-1-2-4/h1-2H2. The summed E-state index contributed by atoms with van der Waals surface area (Å²) in [7, 11) is 0. The molecule has 0 aliphatic heterocycles. The molecule has 0 atom stereocenters. The molecule has 0 spiro atoms. The van der Waals surface area contributed by atoms with Crippen LogP contribution in [-0.2, 0) is 5.11 Å². The third kappa shape index (κ3) is 2.25. The molecule has 0 saturated carbocycles. The van der Waals surface area contributed by atoms with Crippen LogP contribution in [0.2, 0.25) is 0 Å². The zero-order chi connectivity index (χ0) is 3.41. The molecule has 0 aliphatic rings. The number of hydrogen-bond acceptors (Lipinski definition) is 0. The molecule has 4 heavy (non-hydrogen) atoms. The zero-order valence-corrected chi connectivity index (χ0v) is 2.96. The van der Waals surface area contributed by atoms with Gasteiger partial charge in [0.25, 0.3) is 0 Å². The molecule has 25 valence electrons. The second kappa shape index (κ2) is 3.25. The molecule has 0 aromatic carbocycles. The van der Waals surface area contributed by atoms with Crippen LogP contribution < -0.4 is 0 Å². The molecule has 1 radical (unpaired) electrons. The van der Waals surface area contributed by atoms with Crippen LogP contribution in [0.25, 0.3) is 0 Å². The van der Waals surface area contributed by atoms with Gasteiger partial charge in [-0.3, -0.25) is 0 Å². The Kier molecular flexibility index (Phi) is 3.45. The van der Waals surface area contributed by atoms with E-state index in [0.717, 1.165) is 0 Å². The Bertz CT molecular complexity index is 8.00. The largest absolute Gasteiger partial charge is 0.235 e. The van der Waals surface area contributed by atoms with E-state index < -0.39 is 0 Å². The third-order valence-corrected chi connectivity index (χ3v) is 0.231. The van der Waals surface area contributed by atoms with E-state index in [1.807, 2.05) is 0 Å². The van der Waals surface area contributed by atoms with E-state index >= 15 is 0 Å². The van der Waals surface area contributed by atoms with Crippen LogP contribution in [0.1, 0.15) is 0 Å². The lowest BCUT2D eigenvalue weighted by atomic mass is 10.9. The number of rotatable bonds is 1. The first-order valence-electron chi connectivity index (χ1n) is 1.06. The van der Waals surface area contributed by atoms with E-state index in [2.05, 4.69) is 0 Å². The fourth-order valence-corrected chi connectivity index (χ4v) is 0. The van der Waals surface area contributed by atoms with Gasteiger partial charge < -0.3 is 0 Å². The van der Waals surface area contributed by atoms with Gasteiger partial charge in [0.1, 0.15) is 0 Å². The van der Waals surface area contributed by atoms with Crippen molar-refractivity contribution in [2.24, 2.45) is 0 Å². The van der Waals surface area contributed by atoms with Crippen molar-refractivity contribution in [2.75, 3.05) is 12.5 Å². The fraction of sp³-hybridized carbons (Fsp3) is 1.00. The van der Waals surface area contributed by atoms with Crippen molar-refractivity contribution in [1.29, 1.82) is 0 Å². The first-order valence-corrected chi connectivity index (χ1v) is 1.59. The van der Waals surface area contributed by atoms with Crippen LogP contribution in [0, 0.1) is 0 Å². The first kappa shape index (κ1) is 4.25. The van der Waals surface area contributed by atoms with Crippen molar-refractivity contribution >= 4 is 11.6 Å². The maximum atomic E-state index is 9.17. The lowest BCUT2D eigenvalue weighted by Crippen LogP contribution is -1.73. The van der Waals surface area contributed by atoms with Crippen LogP contribution in [0.4, 0.5) is 0 Å². The molecule has 0 rings (SSSR count). The van der Waals surface area contributed by atoms with E-state index in [9.17, 15) is 0 Å². The minimum absolute atomic E-state index is 0.165. The highest BCUT2D eigenvalue weighted by molar-refractivity contribution is 6.17. The van der Waals surface area contributed by atoms with Crippen molar-refractivity contribution in [3.63, 3.8) is 0 Å². The van der Waals surface area contributed by atoms with Gasteiger partial charge in [-0.2, -0.15) is 0 Å². The van der Waals surface area contributed by atoms with E-state index in [1.54, 1.807) is 0 Å². The smallest absolute Gasteiger partial charge is 0.0957 e. The number of hydrogen-bond donors (Lipinski definition) is 0. The fourth-order valence-electron chi connectivity index (χ4n) is 0. The molecule has 0 N–H and O–H groups in total. The minimum atomic E-state index is -0.165. The van der Waals surface area contributed by atoms with Crippen molar-refractivity contribution in [3.05, 3.63) is 0 Å². The van der Waals surface area contributed by atoms with E-state index in [1.165, 1.54) is 0 Å². The molecule has 0 aromatic rings. The summed E-state index contributed by atoms with van der Waals surface area (Å²) < 4.78 is 0. The second-order valence-electron chi connectivity index (χ2n) is 0.393. The van der Waals surface area contributed by atoms with Crippen LogP contribution in [-0.4, -0.2) is 12.5 Å². The predicted molar refractivity (Wildman–Crippen MR) is 16.3 cm³/mol. The summed E-state index contributed by atoms with van der Waals surface area (Å²) >= 11 is 4.87. The molecule has 1 nitrogen and oxygen atoms in total. The summed E-state index contributed by atoms with van der Waals surface area (Å²) in [5, 5.41) is 9.17. The Balaban J connectivity index is 1.97. The number of alkyl halides is 1. The summed E-state index contributed by atoms with van der Waals surface area (Å²) in [6.07, 6.45) is 0. The lowest BCUT2D eigenvalue weighted by Gasteiger charge is -1.62. The molecule has 0 aromatic heterocycles. The average molecular weight is 79.5 g/mol. The SMILES string of the molecule is [O]CCCl. The van der Waals surface area contributed by atoms with E-state index in [4.69, 9.17) is 16.7 Å². The average Bonchev–Trinajstić information content (AvgIpc) is 1.37. The first-order chi connectivity index (χ1) is 1.91. The Labute approximate surface area is 30.2 Å². The molecule has 2 heteroatoms. The maximum Gasteiger partial charge on any atom is 0.0957 e. The molecule has 0 heterocycles. The van der Waals surface area contributed by atoms with Gasteiger partial charge in [0.05, 0.1) is 6.61 Å². The minimum Gasteiger partial charge on any atom is -0.235 e. The number of halogens is 1. The lowest BCUT2D eigenvalue weighted by molar-refractivity contribution is 0.214. The van der Waals surface area contributed by atoms with Gasteiger partial charge in [0, 0.05) is 5.88 Å². The molecule has 0 unspecified atom stereocenters. The van der Waals surface area contributed by atoms with Crippen LogP contribution in [0.5, 0.6) is 0 Å². The molecule has 0 saturated heterocycles. The maximum absolute atomic E-state index is 9.17. The van der Waals surface area contributed by atoms with Crippen molar-refractivity contribution < 1.29 is 5.11 Å². The summed E-state index contributed by atoms with van der Waals surface area (Å²) in [5.74, 6) is 0.236. The van der Waals surface area contributed by atoms with Crippen LogP contribution in [0.3, 0.4) is 0 Å². The summed E-state index contributed by atoms with van der Waals surface area (Å²) in [6.45, 7) is -0.165. The van der Waals surface area contributed by atoms with Gasteiger partial charge >= 0.3 is 0 Å². The zero-order valence-electron chi connectivity index (χ0n) is 2.20. The quantitative estimate of drug-likeness (QED) is 0.412. The Hall–Kier alpha value is 0.250. The Morgan fingerprint density at radius 1 is 1.75 bits per heavy atom. The molecule has 0 bridgehead atoms. The topological polar surface area (TPSA) is 19.9 Å². The van der Waals surface area contributed by atoms with Gasteiger partial charge in [0.15, 0.2) is 0 Å². The van der Waals surface area contributed by atoms with Crippen molar-refractivity contribution in [2.45, 2.75) is 0 Å². The van der Waals surface area contributed by atoms with Gasteiger partial charge in [-0.1, -0.05) is 0 Å². The normalized spacial score (nSPS) is 7.50. The molecule has 0 fully saturated rings. The summed E-state index contributed by atoms with van der Waals surface area (Å²) in [6, 6.07) is 0. The second-order valence-corrected chi connectivity index (χ2v) is 0.771. The monoisotopic (exact) mass is 79.0 g/mol. The highest BCUT2D eigenvalue weighted by Crippen LogP contribution is 1.64. The molecule has 0 amide bonds. The Morgan fingerprint density at radius 3 is 2.00 bits per heavy atom. The van der Waals surface area contributed by atoms with Crippen molar-refractivity contribution in [1.82, 2.24) is 0 Å². The molecular formula is C2H4ClO. The van der Waals surface area contributed by atoms with Gasteiger partial charge in [-0.15, -0.1) is 11.6 Å². The predicted octanol–water partition coefficient (Wildman–Crippen LogP) is 0.656. The third-order valence-electron chi connectivity index (χ3n) is 0.0772. The molecule has 0 aliphatic carbocycles. The Morgan fingerprint density at radius 2 is 2.00 bits per heavy atom. The van der Waals surface area contributed by atoms with Crippen molar-refractivity contribution in [3.8, 4) is 0 Å². The van der Waals surface area contributed by atoms with E-state index in [0.29, 0.717) is 0 Å². The molecular weight excluding hydrogens is 75.5 g/mol. The van der Waals surface area contributed by atoms with Crippen LogP contribution >= 0.6 is 11.6 Å².